The molecule has 24 heavy (non-hydrogen) atoms. The van der Waals surface area contributed by atoms with Crippen LogP contribution in [-0.2, 0) is 9.47 Å². The van der Waals surface area contributed by atoms with Gasteiger partial charge in [0.05, 0.1) is 32.1 Å². The average Bonchev–Trinajstić information content (AvgIpc) is 2.70. The highest BCUT2D eigenvalue weighted by molar-refractivity contribution is 5.64. The SMILES string of the molecule is c1cncc(-c2cc(N3CCOCC3)nc(N3CCOCC3)n2)c1. The molecule has 0 atom stereocenters. The first kappa shape index (κ1) is 15.3. The Balaban J connectivity index is 1.72. The Morgan fingerprint density at radius 2 is 1.58 bits per heavy atom. The van der Waals surface area contributed by atoms with Gasteiger partial charge >= 0.3 is 0 Å². The lowest BCUT2D eigenvalue weighted by atomic mass is 10.2. The average molecular weight is 327 g/mol. The second-order valence-electron chi connectivity index (χ2n) is 5.85. The molecule has 0 saturated carbocycles. The summed E-state index contributed by atoms with van der Waals surface area (Å²) in [6.07, 6.45) is 3.62. The third kappa shape index (κ3) is 3.32. The highest BCUT2D eigenvalue weighted by atomic mass is 16.5. The lowest BCUT2D eigenvalue weighted by Gasteiger charge is -2.31. The fraction of sp³-hybridized carbons (Fsp3) is 0.471. The molecule has 4 heterocycles. The molecule has 2 saturated heterocycles. The van der Waals surface area contributed by atoms with E-state index < -0.39 is 0 Å². The molecule has 0 N–H and O–H groups in total. The first-order valence-corrected chi connectivity index (χ1v) is 8.35. The van der Waals surface area contributed by atoms with Gasteiger partial charge in [-0.1, -0.05) is 0 Å². The van der Waals surface area contributed by atoms with Gasteiger partial charge in [0, 0.05) is 50.2 Å². The van der Waals surface area contributed by atoms with Crippen LogP contribution in [0.1, 0.15) is 0 Å². The Labute approximate surface area is 141 Å². The molecule has 2 fully saturated rings. The third-order valence-corrected chi connectivity index (χ3v) is 4.29. The number of hydrogen-bond acceptors (Lipinski definition) is 7. The molecule has 2 aromatic rings. The molecule has 2 aliphatic rings. The van der Waals surface area contributed by atoms with Gasteiger partial charge in [0.25, 0.3) is 0 Å². The van der Waals surface area contributed by atoms with E-state index in [1.54, 1.807) is 6.20 Å². The number of anilines is 2. The largest absolute Gasteiger partial charge is 0.378 e. The number of nitrogens with zero attached hydrogens (tertiary/aromatic N) is 5. The molecule has 0 amide bonds. The molecular formula is C17H21N5O2. The van der Waals surface area contributed by atoms with Crippen molar-refractivity contribution in [3.05, 3.63) is 30.6 Å². The van der Waals surface area contributed by atoms with Gasteiger partial charge in [0.1, 0.15) is 5.82 Å². The molecule has 0 spiro atoms. The Kier molecular flexibility index (Phi) is 4.53. The molecule has 2 aliphatic heterocycles. The maximum Gasteiger partial charge on any atom is 0.228 e. The van der Waals surface area contributed by atoms with Crippen LogP contribution in [0.3, 0.4) is 0 Å². The van der Waals surface area contributed by atoms with E-state index in [9.17, 15) is 0 Å². The van der Waals surface area contributed by atoms with E-state index in [1.807, 2.05) is 24.4 Å². The van der Waals surface area contributed by atoms with E-state index in [4.69, 9.17) is 19.4 Å². The Morgan fingerprint density at radius 3 is 2.25 bits per heavy atom. The highest BCUT2D eigenvalue weighted by Crippen LogP contribution is 2.25. The van der Waals surface area contributed by atoms with Gasteiger partial charge in [-0.05, 0) is 12.1 Å². The number of aromatic nitrogens is 3. The maximum atomic E-state index is 5.46. The molecule has 0 aromatic carbocycles. The van der Waals surface area contributed by atoms with E-state index >= 15 is 0 Å². The van der Waals surface area contributed by atoms with Crippen LogP contribution in [0.2, 0.25) is 0 Å². The van der Waals surface area contributed by atoms with E-state index in [-0.39, 0.29) is 0 Å². The van der Waals surface area contributed by atoms with Crippen molar-refractivity contribution < 1.29 is 9.47 Å². The van der Waals surface area contributed by atoms with Crippen LogP contribution < -0.4 is 9.80 Å². The number of pyridine rings is 1. The van der Waals surface area contributed by atoms with Crippen molar-refractivity contribution in [2.45, 2.75) is 0 Å². The zero-order valence-corrected chi connectivity index (χ0v) is 13.6. The van der Waals surface area contributed by atoms with Crippen LogP contribution in [0.15, 0.2) is 30.6 Å². The summed E-state index contributed by atoms with van der Waals surface area (Å²) in [5, 5.41) is 0. The standard InChI is InChI=1S/C17H21N5O2/c1-2-14(13-18-3-1)15-12-16(21-4-8-23-9-5-21)20-17(19-15)22-6-10-24-11-7-22/h1-3,12-13H,4-11H2. The molecular weight excluding hydrogens is 306 g/mol. The minimum atomic E-state index is 0.716. The van der Waals surface area contributed by atoms with Crippen LogP contribution >= 0.6 is 0 Å². The molecule has 0 aliphatic carbocycles. The normalized spacial score (nSPS) is 18.7. The first-order chi connectivity index (χ1) is 11.9. The summed E-state index contributed by atoms with van der Waals surface area (Å²) >= 11 is 0. The minimum absolute atomic E-state index is 0.716. The van der Waals surface area contributed by atoms with E-state index in [2.05, 4.69) is 14.8 Å². The van der Waals surface area contributed by atoms with Gasteiger partial charge in [-0.2, -0.15) is 4.98 Å². The van der Waals surface area contributed by atoms with Gasteiger partial charge in [0.2, 0.25) is 5.95 Å². The van der Waals surface area contributed by atoms with Crippen LogP contribution in [0.4, 0.5) is 11.8 Å². The summed E-state index contributed by atoms with van der Waals surface area (Å²) in [6, 6.07) is 6.01. The van der Waals surface area contributed by atoms with Crippen molar-refractivity contribution >= 4 is 11.8 Å². The summed E-state index contributed by atoms with van der Waals surface area (Å²) in [5.74, 6) is 1.72. The second-order valence-corrected chi connectivity index (χ2v) is 5.85. The number of morpholine rings is 2. The highest BCUT2D eigenvalue weighted by Gasteiger charge is 2.19. The zero-order chi connectivity index (χ0) is 16.2. The van der Waals surface area contributed by atoms with Crippen molar-refractivity contribution in [2.24, 2.45) is 0 Å². The van der Waals surface area contributed by atoms with Crippen molar-refractivity contribution in [2.75, 3.05) is 62.4 Å². The van der Waals surface area contributed by atoms with Gasteiger partial charge in [-0.3, -0.25) is 4.98 Å². The van der Waals surface area contributed by atoms with Gasteiger partial charge in [-0.15, -0.1) is 0 Å². The van der Waals surface area contributed by atoms with Gasteiger partial charge < -0.3 is 19.3 Å². The maximum absolute atomic E-state index is 5.46. The Bertz CT molecular complexity index is 634. The fourth-order valence-electron chi connectivity index (χ4n) is 2.94. The number of rotatable bonds is 3. The molecule has 4 rings (SSSR count). The Morgan fingerprint density at radius 1 is 0.875 bits per heavy atom. The van der Waals surface area contributed by atoms with E-state index in [0.717, 1.165) is 62.4 Å². The van der Waals surface area contributed by atoms with Crippen LogP contribution in [0.25, 0.3) is 11.3 Å². The van der Waals surface area contributed by atoms with Crippen molar-refractivity contribution in [3.8, 4) is 11.3 Å². The molecule has 7 heteroatoms. The smallest absolute Gasteiger partial charge is 0.228 e. The zero-order valence-electron chi connectivity index (χ0n) is 13.6. The van der Waals surface area contributed by atoms with Crippen LogP contribution in [0.5, 0.6) is 0 Å². The van der Waals surface area contributed by atoms with Crippen LogP contribution in [0, 0.1) is 0 Å². The molecule has 126 valence electrons. The van der Waals surface area contributed by atoms with Crippen molar-refractivity contribution in [1.29, 1.82) is 0 Å². The van der Waals surface area contributed by atoms with Crippen LogP contribution in [-0.4, -0.2) is 67.6 Å². The lowest BCUT2D eigenvalue weighted by molar-refractivity contribution is 0.121. The second kappa shape index (κ2) is 7.11. The predicted molar refractivity (Wildman–Crippen MR) is 91.3 cm³/mol. The molecule has 0 radical (unpaired) electrons. The number of ether oxygens (including phenoxy) is 2. The molecule has 2 aromatic heterocycles. The quantitative estimate of drug-likeness (QED) is 0.839. The third-order valence-electron chi connectivity index (χ3n) is 4.29. The number of hydrogen-bond donors (Lipinski definition) is 0. The van der Waals surface area contributed by atoms with E-state index in [1.165, 1.54) is 0 Å². The van der Waals surface area contributed by atoms with Gasteiger partial charge in [0.15, 0.2) is 0 Å². The van der Waals surface area contributed by atoms with E-state index in [0.29, 0.717) is 13.2 Å². The molecule has 0 bridgehead atoms. The topological polar surface area (TPSA) is 63.6 Å². The summed E-state index contributed by atoms with van der Waals surface area (Å²) in [7, 11) is 0. The summed E-state index contributed by atoms with van der Waals surface area (Å²) in [6.45, 7) is 6.25. The monoisotopic (exact) mass is 327 g/mol. The minimum Gasteiger partial charge on any atom is -0.378 e. The summed E-state index contributed by atoms with van der Waals surface area (Å²) in [4.78, 5) is 18.3. The summed E-state index contributed by atoms with van der Waals surface area (Å²) in [5.41, 5.74) is 1.91. The van der Waals surface area contributed by atoms with Crippen molar-refractivity contribution in [3.63, 3.8) is 0 Å². The first-order valence-electron chi connectivity index (χ1n) is 8.35. The predicted octanol–water partition coefficient (Wildman–Crippen LogP) is 1.21. The molecule has 7 nitrogen and oxygen atoms in total. The molecule has 0 unspecified atom stereocenters. The summed E-state index contributed by atoms with van der Waals surface area (Å²) < 4.78 is 10.9. The van der Waals surface area contributed by atoms with Gasteiger partial charge in [-0.25, -0.2) is 4.98 Å². The fourth-order valence-corrected chi connectivity index (χ4v) is 2.94. The van der Waals surface area contributed by atoms with Crippen molar-refractivity contribution in [1.82, 2.24) is 15.0 Å². The Hall–Kier alpha value is -2.25. The lowest BCUT2D eigenvalue weighted by Crippen LogP contribution is -2.39.